The zero-order valence-electron chi connectivity index (χ0n) is 11.6. The lowest BCUT2D eigenvalue weighted by Crippen LogP contribution is -2.06. The van der Waals surface area contributed by atoms with Crippen LogP contribution >= 0.6 is 15.9 Å². The number of aryl methyl sites for hydroxylation is 1. The maximum absolute atomic E-state index is 13.2. The van der Waals surface area contributed by atoms with Crippen molar-refractivity contribution in [3.8, 4) is 0 Å². The fraction of sp³-hybridized carbons (Fsp3) is 0.0588. The van der Waals surface area contributed by atoms with Crippen LogP contribution in [0, 0.1) is 12.7 Å². The van der Waals surface area contributed by atoms with Gasteiger partial charge in [0, 0.05) is 5.56 Å². The molecule has 1 aliphatic rings. The number of halogens is 2. The van der Waals surface area contributed by atoms with Crippen LogP contribution in [-0.4, -0.2) is 11.9 Å². The summed E-state index contributed by atoms with van der Waals surface area (Å²) in [6, 6.07) is 12.0. The molecular weight excluding hydrogens is 349 g/mol. The topological polar surface area (TPSA) is 38.7 Å². The molecule has 1 heterocycles. The van der Waals surface area contributed by atoms with Gasteiger partial charge in [-0.2, -0.15) is 0 Å². The lowest BCUT2D eigenvalue weighted by molar-refractivity contribution is -0.129. The first-order valence-electron chi connectivity index (χ1n) is 6.58. The highest BCUT2D eigenvalue weighted by molar-refractivity contribution is 9.10. The van der Waals surface area contributed by atoms with E-state index in [0.29, 0.717) is 10.0 Å². The number of carbonyl (C=O) groups is 1. The number of cyclic esters (lactones) is 1. The molecule has 3 rings (SSSR count). The fourth-order valence-corrected chi connectivity index (χ4v) is 2.49. The van der Waals surface area contributed by atoms with Crippen molar-refractivity contribution in [2.75, 3.05) is 0 Å². The minimum atomic E-state index is -0.515. The van der Waals surface area contributed by atoms with Gasteiger partial charge in [0.1, 0.15) is 5.82 Å². The summed E-state index contributed by atoms with van der Waals surface area (Å²) in [5.74, 6) is -0.588. The third-order valence-corrected chi connectivity index (χ3v) is 3.85. The first-order valence-corrected chi connectivity index (χ1v) is 7.37. The van der Waals surface area contributed by atoms with Crippen LogP contribution in [0.3, 0.4) is 0 Å². The number of nitrogens with zero attached hydrogens (tertiary/aromatic N) is 1. The fourth-order valence-electron chi connectivity index (χ4n) is 2.10. The van der Waals surface area contributed by atoms with Gasteiger partial charge in [-0.1, -0.05) is 24.3 Å². The predicted octanol–water partition coefficient (Wildman–Crippen LogP) is 4.24. The van der Waals surface area contributed by atoms with Crippen LogP contribution in [0.1, 0.15) is 16.7 Å². The Hall–Kier alpha value is -2.27. The van der Waals surface area contributed by atoms with Crippen molar-refractivity contribution in [1.82, 2.24) is 0 Å². The quantitative estimate of drug-likeness (QED) is 0.594. The maximum atomic E-state index is 13.2. The van der Waals surface area contributed by atoms with Gasteiger partial charge in [0.05, 0.1) is 4.47 Å². The lowest BCUT2D eigenvalue weighted by atomic mass is 10.1. The van der Waals surface area contributed by atoms with Gasteiger partial charge in [-0.3, -0.25) is 0 Å². The molecule has 0 unspecified atom stereocenters. The highest BCUT2D eigenvalue weighted by atomic mass is 79.9. The van der Waals surface area contributed by atoms with Crippen molar-refractivity contribution < 1.29 is 13.9 Å². The Balaban J connectivity index is 1.98. The molecule has 0 saturated heterocycles. The van der Waals surface area contributed by atoms with Crippen LogP contribution in [0.2, 0.25) is 0 Å². The largest absolute Gasteiger partial charge is 0.402 e. The van der Waals surface area contributed by atoms with E-state index in [9.17, 15) is 9.18 Å². The van der Waals surface area contributed by atoms with E-state index in [0.717, 1.165) is 11.1 Å². The Morgan fingerprint density at radius 1 is 1.23 bits per heavy atom. The molecule has 0 N–H and O–H groups in total. The molecule has 5 heteroatoms. The van der Waals surface area contributed by atoms with Gasteiger partial charge in [-0.25, -0.2) is 14.2 Å². The van der Waals surface area contributed by atoms with Crippen molar-refractivity contribution in [3.63, 3.8) is 0 Å². The Morgan fingerprint density at radius 2 is 2.00 bits per heavy atom. The second-order valence-electron chi connectivity index (χ2n) is 4.82. The molecule has 0 fully saturated rings. The average molecular weight is 360 g/mol. The molecule has 2 aromatic carbocycles. The van der Waals surface area contributed by atoms with E-state index in [1.54, 1.807) is 18.2 Å². The summed E-state index contributed by atoms with van der Waals surface area (Å²) in [6.45, 7) is 1.92. The molecule has 110 valence electrons. The number of hydrogen-bond donors (Lipinski definition) is 0. The third-order valence-electron chi connectivity index (χ3n) is 3.24. The second-order valence-corrected chi connectivity index (χ2v) is 5.68. The van der Waals surface area contributed by atoms with Crippen molar-refractivity contribution in [2.45, 2.75) is 6.92 Å². The van der Waals surface area contributed by atoms with Crippen LogP contribution < -0.4 is 0 Å². The zero-order valence-corrected chi connectivity index (χ0v) is 13.2. The molecule has 0 saturated carbocycles. The van der Waals surface area contributed by atoms with Crippen LogP contribution in [0.4, 0.5) is 4.39 Å². The first kappa shape index (κ1) is 14.7. The number of carbonyl (C=O) groups excluding carboxylic acids is 1. The maximum Gasteiger partial charge on any atom is 0.363 e. The number of aliphatic imine (C=N–C) groups is 1. The highest BCUT2D eigenvalue weighted by Gasteiger charge is 2.24. The standard InChI is InChI=1S/C17H11BrFNO2/c1-10-4-2-3-5-12(10)16-20-15(17(21)22-16)9-11-6-7-14(19)13(18)8-11/h2-9H,1H3. The van der Waals surface area contributed by atoms with Crippen LogP contribution in [0.25, 0.3) is 6.08 Å². The van der Waals surface area contributed by atoms with Gasteiger partial charge in [-0.15, -0.1) is 0 Å². The molecule has 2 aromatic rings. The SMILES string of the molecule is Cc1ccccc1C1=NC(=Cc2ccc(F)c(Br)c2)C(=O)O1. The third kappa shape index (κ3) is 2.85. The van der Waals surface area contributed by atoms with Gasteiger partial charge >= 0.3 is 5.97 Å². The highest BCUT2D eigenvalue weighted by Crippen LogP contribution is 2.23. The Morgan fingerprint density at radius 3 is 2.73 bits per heavy atom. The van der Waals surface area contributed by atoms with E-state index < -0.39 is 5.97 Å². The number of rotatable bonds is 2. The number of benzene rings is 2. The normalized spacial score (nSPS) is 15.9. The zero-order chi connectivity index (χ0) is 15.7. The predicted molar refractivity (Wildman–Crippen MR) is 85.9 cm³/mol. The van der Waals surface area contributed by atoms with Crippen LogP contribution in [0.5, 0.6) is 0 Å². The molecule has 0 amide bonds. The smallest absolute Gasteiger partial charge is 0.363 e. The number of ether oxygens (including phenoxy) is 1. The Labute approximate surface area is 135 Å². The molecule has 0 aromatic heterocycles. The first-order chi connectivity index (χ1) is 10.5. The molecule has 0 radical (unpaired) electrons. The molecule has 0 spiro atoms. The lowest BCUT2D eigenvalue weighted by Gasteiger charge is -2.02. The summed E-state index contributed by atoms with van der Waals surface area (Å²) in [7, 11) is 0. The van der Waals surface area contributed by atoms with Crippen molar-refractivity contribution in [1.29, 1.82) is 0 Å². The number of esters is 1. The minimum absolute atomic E-state index is 0.191. The van der Waals surface area contributed by atoms with Gasteiger partial charge < -0.3 is 4.74 Å². The summed E-state index contributed by atoms with van der Waals surface area (Å²) in [4.78, 5) is 16.2. The molecule has 1 aliphatic heterocycles. The Kier molecular flexibility index (Phi) is 3.90. The minimum Gasteiger partial charge on any atom is -0.402 e. The van der Waals surface area contributed by atoms with E-state index >= 15 is 0 Å². The van der Waals surface area contributed by atoms with Crippen LogP contribution in [-0.2, 0) is 9.53 Å². The van der Waals surface area contributed by atoms with Gasteiger partial charge in [0.15, 0.2) is 5.70 Å². The van der Waals surface area contributed by atoms with E-state index in [1.807, 2.05) is 31.2 Å². The average Bonchev–Trinajstić information content (AvgIpc) is 2.84. The number of hydrogen-bond acceptors (Lipinski definition) is 3. The summed E-state index contributed by atoms with van der Waals surface area (Å²) < 4.78 is 18.8. The van der Waals surface area contributed by atoms with Crippen molar-refractivity contribution in [2.24, 2.45) is 4.99 Å². The van der Waals surface area contributed by atoms with Gasteiger partial charge in [0.2, 0.25) is 5.90 Å². The molecule has 0 aliphatic carbocycles. The summed E-state index contributed by atoms with van der Waals surface area (Å²) in [5, 5.41) is 0. The molecule has 0 bridgehead atoms. The van der Waals surface area contributed by atoms with Crippen molar-refractivity contribution >= 4 is 33.9 Å². The molecular formula is C17H11BrFNO2. The molecule has 22 heavy (non-hydrogen) atoms. The van der Waals surface area contributed by atoms with Crippen LogP contribution in [0.15, 0.2) is 57.6 Å². The van der Waals surface area contributed by atoms with E-state index in [-0.39, 0.29) is 17.4 Å². The van der Waals surface area contributed by atoms with E-state index in [4.69, 9.17) is 4.74 Å². The monoisotopic (exact) mass is 359 g/mol. The van der Waals surface area contributed by atoms with Gasteiger partial charge in [-0.05, 0) is 58.3 Å². The second kappa shape index (κ2) is 5.85. The van der Waals surface area contributed by atoms with E-state index in [1.165, 1.54) is 6.07 Å². The van der Waals surface area contributed by atoms with Gasteiger partial charge in [0.25, 0.3) is 0 Å². The summed E-state index contributed by atoms with van der Waals surface area (Å²) in [5.41, 5.74) is 2.60. The Bertz CT molecular complexity index is 827. The summed E-state index contributed by atoms with van der Waals surface area (Å²) >= 11 is 3.11. The summed E-state index contributed by atoms with van der Waals surface area (Å²) in [6.07, 6.45) is 1.57. The van der Waals surface area contributed by atoms with E-state index in [2.05, 4.69) is 20.9 Å². The van der Waals surface area contributed by atoms with Crippen molar-refractivity contribution in [3.05, 3.63) is 75.1 Å². The molecule has 3 nitrogen and oxygen atoms in total. The molecule has 0 atom stereocenters.